The van der Waals surface area contributed by atoms with Gasteiger partial charge in [-0.15, -0.1) is 0 Å². The Labute approximate surface area is 91.9 Å². The van der Waals surface area contributed by atoms with E-state index >= 15 is 0 Å². The van der Waals surface area contributed by atoms with Crippen LogP contribution in [-0.2, 0) is 0 Å². The van der Waals surface area contributed by atoms with E-state index in [4.69, 9.17) is 4.42 Å². The third-order valence-corrected chi connectivity index (χ3v) is 1.47. The van der Waals surface area contributed by atoms with Gasteiger partial charge in [0.05, 0.1) is 0 Å². The first kappa shape index (κ1) is 13.6. The number of rotatable bonds is 0. The molecule has 0 unspecified atom stereocenters. The smallest absolute Gasteiger partial charge is 0.246 e. The zero-order chi connectivity index (χ0) is 11.7. The van der Waals surface area contributed by atoms with E-state index in [1.807, 2.05) is 53.0 Å². The molecule has 2 heterocycles. The van der Waals surface area contributed by atoms with Crippen molar-refractivity contribution in [2.45, 2.75) is 41.0 Å². The molecule has 1 aliphatic heterocycles. The molecule has 0 atom stereocenters. The summed E-state index contributed by atoms with van der Waals surface area (Å²) in [5, 5.41) is 0. The fourth-order valence-electron chi connectivity index (χ4n) is 1.01. The lowest BCUT2D eigenvalue weighted by Gasteiger charge is -1.81. The van der Waals surface area contributed by atoms with Crippen LogP contribution in [0.15, 0.2) is 15.5 Å². The Kier molecular flexibility index (Phi) is 7.24. The third kappa shape index (κ3) is 4.11. The Morgan fingerprint density at radius 1 is 1.20 bits per heavy atom. The molecule has 84 valence electrons. The van der Waals surface area contributed by atoms with Crippen LogP contribution in [0.4, 0.5) is 5.88 Å². The minimum absolute atomic E-state index is 0.622. The lowest BCUT2D eigenvalue weighted by Crippen LogP contribution is -1.70. The van der Waals surface area contributed by atoms with Crippen LogP contribution in [0.25, 0.3) is 6.08 Å². The molecule has 0 aromatic carbocycles. The van der Waals surface area contributed by atoms with Crippen LogP contribution in [0.1, 0.15) is 45.7 Å². The minimum Gasteiger partial charge on any atom is -0.423 e. The standard InChI is InChI=1S/C8H8N2O.2C2H6/c1-6-10-7-4-2-3-5-9-8(7)11-6;2*1-2/h2,4-5H,3H2,1H3;2*1-2H3. The molecule has 3 heteroatoms. The maximum atomic E-state index is 5.23. The van der Waals surface area contributed by atoms with Crippen LogP contribution < -0.4 is 0 Å². The number of aromatic nitrogens is 1. The molecule has 1 aromatic rings. The third-order valence-electron chi connectivity index (χ3n) is 1.47. The molecule has 0 radical (unpaired) electrons. The number of aliphatic imine (C=N–C) groups is 1. The van der Waals surface area contributed by atoms with Crippen molar-refractivity contribution in [2.24, 2.45) is 4.99 Å². The molecule has 0 fully saturated rings. The first-order valence-electron chi connectivity index (χ1n) is 5.53. The van der Waals surface area contributed by atoms with E-state index in [0.29, 0.717) is 11.8 Å². The summed E-state index contributed by atoms with van der Waals surface area (Å²) < 4.78 is 5.23. The van der Waals surface area contributed by atoms with Crippen molar-refractivity contribution in [1.29, 1.82) is 0 Å². The van der Waals surface area contributed by atoms with E-state index in [0.717, 1.165) is 12.1 Å². The van der Waals surface area contributed by atoms with Gasteiger partial charge in [-0.2, -0.15) is 0 Å². The predicted molar refractivity (Wildman–Crippen MR) is 65.7 cm³/mol. The van der Waals surface area contributed by atoms with Crippen molar-refractivity contribution < 1.29 is 4.42 Å². The highest BCUT2D eigenvalue weighted by Gasteiger charge is 2.06. The Morgan fingerprint density at radius 3 is 2.53 bits per heavy atom. The Morgan fingerprint density at radius 2 is 1.87 bits per heavy atom. The van der Waals surface area contributed by atoms with E-state index in [1.54, 1.807) is 0 Å². The number of oxazole rings is 1. The van der Waals surface area contributed by atoms with Crippen LogP contribution >= 0.6 is 0 Å². The van der Waals surface area contributed by atoms with Crippen LogP contribution in [0.2, 0.25) is 0 Å². The second-order valence-corrected chi connectivity index (χ2v) is 2.37. The Bertz CT molecular complexity index is 295. The molecule has 0 saturated carbocycles. The zero-order valence-corrected chi connectivity index (χ0v) is 10.2. The number of aryl methyl sites for hydroxylation is 1. The summed E-state index contributed by atoms with van der Waals surface area (Å²) in [6, 6.07) is 0. The molecule has 0 bridgehead atoms. The molecule has 15 heavy (non-hydrogen) atoms. The van der Waals surface area contributed by atoms with Gasteiger partial charge < -0.3 is 4.42 Å². The fourth-order valence-corrected chi connectivity index (χ4v) is 1.01. The normalized spacial score (nSPS) is 11.5. The monoisotopic (exact) mass is 208 g/mol. The number of hydrogen-bond donors (Lipinski definition) is 0. The highest BCUT2D eigenvalue weighted by Crippen LogP contribution is 2.22. The van der Waals surface area contributed by atoms with Gasteiger partial charge in [0.25, 0.3) is 0 Å². The van der Waals surface area contributed by atoms with E-state index in [2.05, 4.69) is 9.98 Å². The minimum atomic E-state index is 0.622. The Hall–Kier alpha value is -1.38. The van der Waals surface area contributed by atoms with Gasteiger partial charge in [0.15, 0.2) is 5.89 Å². The molecule has 3 nitrogen and oxygen atoms in total. The van der Waals surface area contributed by atoms with Crippen LogP contribution in [-0.4, -0.2) is 11.2 Å². The second-order valence-electron chi connectivity index (χ2n) is 2.37. The van der Waals surface area contributed by atoms with Gasteiger partial charge in [0.2, 0.25) is 5.88 Å². The summed E-state index contributed by atoms with van der Waals surface area (Å²) in [5.74, 6) is 1.29. The molecule has 0 N–H and O–H groups in total. The van der Waals surface area contributed by atoms with Crippen molar-refractivity contribution in [3.05, 3.63) is 17.7 Å². The SMILES string of the molecule is CC.CC.Cc1nc2c(o1)N=CCC=C2. The molecule has 0 saturated heterocycles. The topological polar surface area (TPSA) is 38.4 Å². The first-order chi connectivity index (χ1) is 7.36. The highest BCUT2D eigenvalue weighted by atomic mass is 16.4. The molecule has 0 amide bonds. The van der Waals surface area contributed by atoms with Crippen LogP contribution in [0.5, 0.6) is 0 Å². The molecule has 2 rings (SSSR count). The van der Waals surface area contributed by atoms with Gasteiger partial charge in [0, 0.05) is 19.6 Å². The summed E-state index contributed by atoms with van der Waals surface area (Å²) in [6.45, 7) is 9.82. The van der Waals surface area contributed by atoms with Gasteiger partial charge in [-0.1, -0.05) is 33.8 Å². The summed E-state index contributed by atoms with van der Waals surface area (Å²) >= 11 is 0. The van der Waals surface area contributed by atoms with Gasteiger partial charge in [-0.25, -0.2) is 9.98 Å². The van der Waals surface area contributed by atoms with Gasteiger partial charge in [0.1, 0.15) is 5.69 Å². The van der Waals surface area contributed by atoms with Crippen molar-refractivity contribution >= 4 is 18.2 Å². The van der Waals surface area contributed by atoms with E-state index in [-0.39, 0.29) is 0 Å². The van der Waals surface area contributed by atoms with E-state index < -0.39 is 0 Å². The number of hydrogen-bond acceptors (Lipinski definition) is 3. The molecule has 1 aromatic heterocycles. The summed E-state index contributed by atoms with van der Waals surface area (Å²) in [5.41, 5.74) is 0.830. The molecule has 1 aliphatic rings. The highest BCUT2D eigenvalue weighted by molar-refractivity contribution is 5.71. The van der Waals surface area contributed by atoms with E-state index in [1.165, 1.54) is 0 Å². The number of fused-ring (bicyclic) bond motifs is 1. The fraction of sp³-hybridized carbons (Fsp3) is 0.500. The van der Waals surface area contributed by atoms with Crippen molar-refractivity contribution in [3.8, 4) is 0 Å². The van der Waals surface area contributed by atoms with Gasteiger partial charge >= 0.3 is 0 Å². The lowest BCUT2D eigenvalue weighted by molar-refractivity contribution is 0.531. The number of nitrogens with zero attached hydrogens (tertiary/aromatic N) is 2. The largest absolute Gasteiger partial charge is 0.423 e. The summed E-state index contributed by atoms with van der Waals surface area (Å²) in [6.07, 6.45) is 6.61. The lowest BCUT2D eigenvalue weighted by atomic mass is 10.3. The van der Waals surface area contributed by atoms with Crippen molar-refractivity contribution in [2.75, 3.05) is 0 Å². The van der Waals surface area contributed by atoms with Crippen molar-refractivity contribution in [3.63, 3.8) is 0 Å². The van der Waals surface area contributed by atoms with Gasteiger partial charge in [-0.3, -0.25) is 0 Å². The summed E-state index contributed by atoms with van der Waals surface area (Å²) in [7, 11) is 0. The molecule has 0 aliphatic carbocycles. The number of allylic oxidation sites excluding steroid dienone is 1. The predicted octanol–water partition coefficient (Wildman–Crippen LogP) is 4.15. The molecule has 0 spiro atoms. The van der Waals surface area contributed by atoms with Crippen LogP contribution in [0.3, 0.4) is 0 Å². The summed E-state index contributed by atoms with van der Waals surface area (Å²) in [4.78, 5) is 8.23. The zero-order valence-electron chi connectivity index (χ0n) is 10.2. The van der Waals surface area contributed by atoms with Gasteiger partial charge in [-0.05, 0) is 6.08 Å². The average molecular weight is 208 g/mol. The molecular formula is C12H20N2O. The second kappa shape index (κ2) is 7.97. The van der Waals surface area contributed by atoms with E-state index in [9.17, 15) is 0 Å². The maximum absolute atomic E-state index is 5.23. The maximum Gasteiger partial charge on any atom is 0.246 e. The van der Waals surface area contributed by atoms with Crippen LogP contribution in [0, 0.1) is 6.92 Å². The quantitative estimate of drug-likeness (QED) is 0.642. The first-order valence-corrected chi connectivity index (χ1v) is 5.53. The average Bonchev–Trinajstić information content (AvgIpc) is 2.51. The molecular weight excluding hydrogens is 188 g/mol. The van der Waals surface area contributed by atoms with Crippen molar-refractivity contribution in [1.82, 2.24) is 4.98 Å². The Balaban J connectivity index is 0.000000442.